The summed E-state index contributed by atoms with van der Waals surface area (Å²) in [5, 5.41) is 2.98. The highest BCUT2D eigenvalue weighted by atomic mass is 16.1. The average Bonchev–Trinajstić information content (AvgIpc) is 3.43. The third-order valence-corrected chi connectivity index (χ3v) is 4.81. The summed E-state index contributed by atoms with van der Waals surface area (Å²) >= 11 is 0. The van der Waals surface area contributed by atoms with Gasteiger partial charge < -0.3 is 14.8 Å². The number of nitrogens with one attached hydrogen (secondary N) is 1. The minimum absolute atomic E-state index is 0.0941. The fraction of sp³-hybridized carbons (Fsp3) is 0.333. The predicted octanol–water partition coefficient (Wildman–Crippen LogP) is 2.75. The highest BCUT2D eigenvalue weighted by molar-refractivity contribution is 5.94. The standard InChI is InChI=1S/C21H24N6O/c1-26(2)21-24-10-17(11-25-21)16-9-19(27(14-16)13-15-6-7-15)20(28)23-12-18-5-3-4-8-22-18/h3-5,8-11,14-15H,6-7,12-13H2,1-2H3,(H,23,28). The van der Waals surface area contributed by atoms with Crippen molar-refractivity contribution >= 4 is 11.9 Å². The highest BCUT2D eigenvalue weighted by Gasteiger charge is 2.24. The van der Waals surface area contributed by atoms with Crippen LogP contribution in [-0.4, -0.2) is 39.5 Å². The SMILES string of the molecule is CN(C)c1ncc(-c2cc(C(=O)NCc3ccccn3)n(CC3CC3)c2)cn1. The van der Waals surface area contributed by atoms with Gasteiger partial charge in [0.25, 0.3) is 5.91 Å². The number of carbonyl (C=O) groups is 1. The lowest BCUT2D eigenvalue weighted by Gasteiger charge is -2.09. The zero-order chi connectivity index (χ0) is 19.5. The van der Waals surface area contributed by atoms with E-state index in [4.69, 9.17) is 0 Å². The first-order valence-electron chi connectivity index (χ1n) is 9.48. The minimum atomic E-state index is -0.0941. The summed E-state index contributed by atoms with van der Waals surface area (Å²) in [6.07, 6.45) is 9.81. The summed E-state index contributed by atoms with van der Waals surface area (Å²) in [5.74, 6) is 1.23. The molecule has 144 valence electrons. The van der Waals surface area contributed by atoms with Crippen molar-refractivity contribution in [2.75, 3.05) is 19.0 Å². The number of nitrogens with zero attached hydrogens (tertiary/aromatic N) is 5. The first kappa shape index (κ1) is 18.2. The number of hydrogen-bond donors (Lipinski definition) is 1. The molecule has 3 heterocycles. The maximum Gasteiger partial charge on any atom is 0.268 e. The summed E-state index contributed by atoms with van der Waals surface area (Å²) in [7, 11) is 3.82. The Morgan fingerprint density at radius 3 is 2.61 bits per heavy atom. The number of rotatable bonds is 7. The van der Waals surface area contributed by atoms with Crippen molar-refractivity contribution < 1.29 is 4.79 Å². The largest absolute Gasteiger partial charge is 0.347 e. The van der Waals surface area contributed by atoms with Crippen LogP contribution in [0.4, 0.5) is 5.95 Å². The Labute approximate surface area is 164 Å². The molecule has 1 saturated carbocycles. The van der Waals surface area contributed by atoms with Crippen LogP contribution in [0.15, 0.2) is 49.1 Å². The monoisotopic (exact) mass is 376 g/mol. The molecule has 0 spiro atoms. The molecule has 4 rings (SSSR count). The van der Waals surface area contributed by atoms with E-state index in [9.17, 15) is 4.79 Å². The lowest BCUT2D eigenvalue weighted by Crippen LogP contribution is -2.26. The van der Waals surface area contributed by atoms with Crippen LogP contribution < -0.4 is 10.2 Å². The van der Waals surface area contributed by atoms with E-state index in [1.165, 1.54) is 12.8 Å². The first-order chi connectivity index (χ1) is 13.6. The molecule has 1 aliphatic carbocycles. The fourth-order valence-corrected chi connectivity index (χ4v) is 3.05. The lowest BCUT2D eigenvalue weighted by molar-refractivity contribution is 0.0940. The molecule has 28 heavy (non-hydrogen) atoms. The van der Waals surface area contributed by atoms with Gasteiger partial charge in [-0.05, 0) is 37.0 Å². The van der Waals surface area contributed by atoms with E-state index >= 15 is 0 Å². The minimum Gasteiger partial charge on any atom is -0.347 e. The molecule has 0 aliphatic heterocycles. The Kier molecular flexibility index (Phi) is 5.06. The van der Waals surface area contributed by atoms with Gasteiger partial charge >= 0.3 is 0 Å². The quantitative estimate of drug-likeness (QED) is 0.686. The number of anilines is 1. The van der Waals surface area contributed by atoms with Gasteiger partial charge in [0, 0.05) is 56.6 Å². The van der Waals surface area contributed by atoms with Crippen LogP contribution >= 0.6 is 0 Å². The molecule has 0 aromatic carbocycles. The Morgan fingerprint density at radius 2 is 1.96 bits per heavy atom. The van der Waals surface area contributed by atoms with E-state index in [-0.39, 0.29) is 5.91 Å². The van der Waals surface area contributed by atoms with Gasteiger partial charge in [0.1, 0.15) is 5.69 Å². The van der Waals surface area contributed by atoms with E-state index in [2.05, 4.69) is 24.8 Å². The van der Waals surface area contributed by atoms with Crippen LogP contribution in [0.3, 0.4) is 0 Å². The Bertz CT molecular complexity index is 945. The maximum atomic E-state index is 12.8. The van der Waals surface area contributed by atoms with Gasteiger partial charge in [0.15, 0.2) is 0 Å². The van der Waals surface area contributed by atoms with Crippen LogP contribution in [-0.2, 0) is 13.1 Å². The Morgan fingerprint density at radius 1 is 1.18 bits per heavy atom. The fourth-order valence-electron chi connectivity index (χ4n) is 3.05. The first-order valence-corrected chi connectivity index (χ1v) is 9.48. The zero-order valence-electron chi connectivity index (χ0n) is 16.2. The van der Waals surface area contributed by atoms with Crippen LogP contribution in [0.2, 0.25) is 0 Å². The van der Waals surface area contributed by atoms with Crippen molar-refractivity contribution in [1.29, 1.82) is 0 Å². The van der Waals surface area contributed by atoms with E-state index < -0.39 is 0 Å². The van der Waals surface area contributed by atoms with E-state index in [0.717, 1.165) is 23.4 Å². The van der Waals surface area contributed by atoms with Crippen LogP contribution in [0.5, 0.6) is 0 Å². The molecule has 3 aromatic heterocycles. The average molecular weight is 376 g/mol. The van der Waals surface area contributed by atoms with Crippen molar-refractivity contribution in [3.8, 4) is 11.1 Å². The molecule has 0 radical (unpaired) electrons. The van der Waals surface area contributed by atoms with Gasteiger partial charge in [-0.25, -0.2) is 9.97 Å². The van der Waals surface area contributed by atoms with E-state index in [1.807, 2.05) is 49.5 Å². The van der Waals surface area contributed by atoms with Crippen molar-refractivity contribution in [2.45, 2.75) is 25.9 Å². The number of hydrogen-bond acceptors (Lipinski definition) is 5. The molecule has 1 fully saturated rings. The van der Waals surface area contributed by atoms with Crippen LogP contribution in [0.25, 0.3) is 11.1 Å². The molecule has 1 aliphatic rings. The summed E-state index contributed by atoms with van der Waals surface area (Å²) < 4.78 is 2.06. The van der Waals surface area contributed by atoms with Crippen molar-refractivity contribution in [3.05, 3.63) is 60.4 Å². The number of pyridine rings is 1. The summed E-state index contributed by atoms with van der Waals surface area (Å²) in [6.45, 7) is 1.27. The topological polar surface area (TPSA) is 75.9 Å². The van der Waals surface area contributed by atoms with E-state index in [1.54, 1.807) is 18.6 Å². The highest BCUT2D eigenvalue weighted by Crippen LogP contribution is 2.32. The number of carbonyl (C=O) groups excluding carboxylic acids is 1. The second-order valence-corrected chi connectivity index (χ2v) is 7.38. The third kappa shape index (κ3) is 4.19. The van der Waals surface area contributed by atoms with Gasteiger partial charge in [-0.15, -0.1) is 0 Å². The molecular weight excluding hydrogens is 352 g/mol. The zero-order valence-corrected chi connectivity index (χ0v) is 16.2. The normalized spacial score (nSPS) is 13.4. The van der Waals surface area contributed by atoms with Crippen molar-refractivity contribution in [1.82, 2.24) is 24.8 Å². The summed E-state index contributed by atoms with van der Waals surface area (Å²) in [6, 6.07) is 7.60. The van der Waals surface area contributed by atoms with Crippen molar-refractivity contribution in [2.24, 2.45) is 5.92 Å². The van der Waals surface area contributed by atoms with Crippen molar-refractivity contribution in [3.63, 3.8) is 0 Å². The van der Waals surface area contributed by atoms with Gasteiger partial charge in [0.05, 0.1) is 12.2 Å². The van der Waals surface area contributed by atoms with Gasteiger partial charge in [-0.3, -0.25) is 9.78 Å². The molecule has 1 amide bonds. The molecular formula is C21H24N6O. The third-order valence-electron chi connectivity index (χ3n) is 4.81. The Hall–Kier alpha value is -3.22. The molecule has 0 unspecified atom stereocenters. The molecule has 7 nitrogen and oxygen atoms in total. The summed E-state index contributed by atoms with van der Waals surface area (Å²) in [4.78, 5) is 27.7. The van der Waals surface area contributed by atoms with Crippen LogP contribution in [0, 0.1) is 5.92 Å². The van der Waals surface area contributed by atoms with Crippen LogP contribution in [0.1, 0.15) is 29.0 Å². The second kappa shape index (κ2) is 7.80. The molecule has 0 atom stereocenters. The maximum absolute atomic E-state index is 12.8. The lowest BCUT2D eigenvalue weighted by atomic mass is 10.2. The van der Waals surface area contributed by atoms with Gasteiger partial charge in [-0.2, -0.15) is 0 Å². The summed E-state index contributed by atoms with van der Waals surface area (Å²) in [5.41, 5.74) is 3.35. The predicted molar refractivity (Wildman–Crippen MR) is 108 cm³/mol. The Balaban J connectivity index is 1.55. The molecule has 1 N–H and O–H groups in total. The smallest absolute Gasteiger partial charge is 0.268 e. The van der Waals surface area contributed by atoms with E-state index in [0.29, 0.717) is 24.1 Å². The molecule has 0 saturated heterocycles. The second-order valence-electron chi connectivity index (χ2n) is 7.38. The van der Waals surface area contributed by atoms with Gasteiger partial charge in [-0.1, -0.05) is 6.07 Å². The van der Waals surface area contributed by atoms with Gasteiger partial charge in [0.2, 0.25) is 5.95 Å². The number of amides is 1. The molecule has 7 heteroatoms. The molecule has 3 aromatic rings. The molecule has 0 bridgehead atoms. The number of aromatic nitrogens is 4.